The van der Waals surface area contributed by atoms with Crippen molar-refractivity contribution in [3.8, 4) is 6.07 Å². The van der Waals surface area contributed by atoms with Crippen molar-refractivity contribution in [1.82, 2.24) is 4.90 Å². The molecule has 0 aliphatic carbocycles. The van der Waals surface area contributed by atoms with Gasteiger partial charge in [0.1, 0.15) is 5.60 Å². The van der Waals surface area contributed by atoms with E-state index >= 15 is 0 Å². The number of aliphatic hydroxyl groups is 1. The fraction of sp³-hybridized carbons (Fsp3) is 0.909. The summed E-state index contributed by atoms with van der Waals surface area (Å²) < 4.78 is 0. The van der Waals surface area contributed by atoms with Gasteiger partial charge in [-0.25, -0.2) is 0 Å². The third-order valence-electron chi connectivity index (χ3n) is 2.42. The van der Waals surface area contributed by atoms with E-state index in [-0.39, 0.29) is 0 Å². The van der Waals surface area contributed by atoms with E-state index in [1.807, 2.05) is 6.07 Å². The Morgan fingerprint density at radius 3 is 2.00 bits per heavy atom. The Labute approximate surface area is 87.3 Å². The first kappa shape index (κ1) is 13.4. The quantitative estimate of drug-likeness (QED) is 0.685. The van der Waals surface area contributed by atoms with Crippen molar-refractivity contribution >= 4 is 0 Å². The van der Waals surface area contributed by atoms with Gasteiger partial charge in [0.15, 0.2) is 0 Å². The molecule has 0 fully saturated rings. The Kier molecular flexibility index (Phi) is 5.11. The molecule has 3 nitrogen and oxygen atoms in total. The molecule has 3 heteroatoms. The predicted molar refractivity (Wildman–Crippen MR) is 57.8 cm³/mol. The average molecular weight is 198 g/mol. The predicted octanol–water partition coefficient (Wildman–Crippen LogP) is 1.77. The normalized spacial score (nSPS) is 16.0. The fourth-order valence-corrected chi connectivity index (χ4v) is 1.52. The van der Waals surface area contributed by atoms with E-state index in [0.717, 1.165) is 6.54 Å². The maximum Gasteiger partial charge on any atom is 0.149 e. The van der Waals surface area contributed by atoms with Gasteiger partial charge >= 0.3 is 0 Å². The number of hydrogen-bond donors (Lipinski definition) is 1. The van der Waals surface area contributed by atoms with Gasteiger partial charge < -0.3 is 5.11 Å². The first-order valence-electron chi connectivity index (χ1n) is 5.19. The van der Waals surface area contributed by atoms with Gasteiger partial charge in [-0.1, -0.05) is 0 Å². The van der Waals surface area contributed by atoms with Crippen LogP contribution in [0.15, 0.2) is 0 Å². The second-order valence-electron chi connectivity index (χ2n) is 4.56. The van der Waals surface area contributed by atoms with Crippen molar-refractivity contribution < 1.29 is 5.11 Å². The highest BCUT2D eigenvalue weighted by molar-refractivity contribution is 4.96. The molecule has 82 valence electrons. The van der Waals surface area contributed by atoms with Crippen molar-refractivity contribution in [3.05, 3.63) is 0 Å². The van der Waals surface area contributed by atoms with Gasteiger partial charge in [0, 0.05) is 25.0 Å². The molecule has 0 aliphatic heterocycles. The highest BCUT2D eigenvalue weighted by atomic mass is 16.3. The lowest BCUT2D eigenvalue weighted by molar-refractivity contribution is 0.0768. The van der Waals surface area contributed by atoms with E-state index in [4.69, 9.17) is 5.26 Å². The second-order valence-corrected chi connectivity index (χ2v) is 4.56. The SMILES string of the molecule is CC(C)N(CCC(C)(O)C#N)C(C)C. The number of rotatable bonds is 5. The minimum Gasteiger partial charge on any atom is -0.376 e. The molecule has 0 rings (SSSR count). The van der Waals surface area contributed by atoms with E-state index in [1.165, 1.54) is 0 Å². The summed E-state index contributed by atoms with van der Waals surface area (Å²) in [5.41, 5.74) is -1.19. The topological polar surface area (TPSA) is 47.3 Å². The smallest absolute Gasteiger partial charge is 0.149 e. The third-order valence-corrected chi connectivity index (χ3v) is 2.42. The van der Waals surface area contributed by atoms with E-state index < -0.39 is 5.60 Å². The van der Waals surface area contributed by atoms with Crippen LogP contribution in [-0.4, -0.2) is 34.2 Å². The summed E-state index contributed by atoms with van der Waals surface area (Å²) in [7, 11) is 0. The Morgan fingerprint density at radius 1 is 1.29 bits per heavy atom. The Hall–Kier alpha value is -0.590. The van der Waals surface area contributed by atoms with Gasteiger partial charge in [-0.2, -0.15) is 5.26 Å². The Bertz CT molecular complexity index is 196. The molecule has 0 aliphatic rings. The summed E-state index contributed by atoms with van der Waals surface area (Å²) in [5.74, 6) is 0. The third kappa shape index (κ3) is 4.59. The maximum absolute atomic E-state index is 9.55. The monoisotopic (exact) mass is 198 g/mol. The Morgan fingerprint density at radius 2 is 1.71 bits per heavy atom. The molecule has 0 bridgehead atoms. The molecule has 0 saturated carbocycles. The van der Waals surface area contributed by atoms with Crippen LogP contribution >= 0.6 is 0 Å². The summed E-state index contributed by atoms with van der Waals surface area (Å²) in [6.45, 7) is 10.8. The molecule has 0 aromatic rings. The summed E-state index contributed by atoms with van der Waals surface area (Å²) in [5, 5.41) is 18.2. The first-order chi connectivity index (χ1) is 6.30. The van der Waals surface area contributed by atoms with E-state index in [0.29, 0.717) is 18.5 Å². The maximum atomic E-state index is 9.55. The lowest BCUT2D eigenvalue weighted by atomic mass is 10.0. The Balaban J connectivity index is 4.15. The summed E-state index contributed by atoms with van der Waals surface area (Å²) in [6, 6.07) is 2.80. The molecule has 1 atom stereocenters. The van der Waals surface area contributed by atoms with Crippen molar-refractivity contribution in [2.45, 2.75) is 58.7 Å². The van der Waals surface area contributed by atoms with Crippen LogP contribution in [0, 0.1) is 11.3 Å². The minimum atomic E-state index is -1.19. The van der Waals surface area contributed by atoms with Crippen LogP contribution in [0.1, 0.15) is 41.0 Å². The fourth-order valence-electron chi connectivity index (χ4n) is 1.52. The number of nitrogens with zero attached hydrogens (tertiary/aromatic N) is 2. The first-order valence-corrected chi connectivity index (χ1v) is 5.19. The van der Waals surface area contributed by atoms with Crippen LogP contribution < -0.4 is 0 Å². The van der Waals surface area contributed by atoms with Crippen LogP contribution in [0.25, 0.3) is 0 Å². The van der Waals surface area contributed by atoms with Crippen LogP contribution in [0.3, 0.4) is 0 Å². The molecular weight excluding hydrogens is 176 g/mol. The molecule has 0 spiro atoms. The highest BCUT2D eigenvalue weighted by Gasteiger charge is 2.22. The largest absolute Gasteiger partial charge is 0.376 e. The molecular formula is C11H22N2O. The van der Waals surface area contributed by atoms with Gasteiger partial charge in [0.25, 0.3) is 0 Å². The zero-order valence-electron chi connectivity index (χ0n) is 9.91. The lowest BCUT2D eigenvalue weighted by Crippen LogP contribution is -2.40. The van der Waals surface area contributed by atoms with Crippen LogP contribution in [0.5, 0.6) is 0 Å². The van der Waals surface area contributed by atoms with Crippen molar-refractivity contribution in [2.24, 2.45) is 0 Å². The van der Waals surface area contributed by atoms with Crippen LogP contribution in [-0.2, 0) is 0 Å². The molecule has 0 aromatic carbocycles. The highest BCUT2D eigenvalue weighted by Crippen LogP contribution is 2.12. The van der Waals surface area contributed by atoms with E-state index in [2.05, 4.69) is 32.6 Å². The second kappa shape index (κ2) is 5.33. The molecule has 0 aromatic heterocycles. The molecule has 0 saturated heterocycles. The van der Waals surface area contributed by atoms with Crippen molar-refractivity contribution in [2.75, 3.05) is 6.54 Å². The summed E-state index contributed by atoms with van der Waals surface area (Å²) in [4.78, 5) is 2.27. The molecule has 1 N–H and O–H groups in total. The zero-order chi connectivity index (χ0) is 11.4. The van der Waals surface area contributed by atoms with Crippen LogP contribution in [0.2, 0.25) is 0 Å². The number of hydrogen-bond acceptors (Lipinski definition) is 3. The standard InChI is InChI=1S/C11H22N2O/c1-9(2)13(10(3)4)7-6-11(5,14)8-12/h9-10,14H,6-7H2,1-5H3. The van der Waals surface area contributed by atoms with Crippen molar-refractivity contribution in [1.29, 1.82) is 5.26 Å². The van der Waals surface area contributed by atoms with Gasteiger partial charge in [-0.3, -0.25) is 4.90 Å². The summed E-state index contributed by atoms with van der Waals surface area (Å²) >= 11 is 0. The van der Waals surface area contributed by atoms with E-state index in [1.54, 1.807) is 6.92 Å². The molecule has 14 heavy (non-hydrogen) atoms. The van der Waals surface area contributed by atoms with Gasteiger partial charge in [0.05, 0.1) is 6.07 Å². The molecule has 1 unspecified atom stereocenters. The summed E-state index contributed by atoms with van der Waals surface area (Å²) in [6.07, 6.45) is 0.500. The van der Waals surface area contributed by atoms with Gasteiger partial charge in [0.2, 0.25) is 0 Å². The van der Waals surface area contributed by atoms with Crippen molar-refractivity contribution in [3.63, 3.8) is 0 Å². The van der Waals surface area contributed by atoms with Crippen LogP contribution in [0.4, 0.5) is 0 Å². The van der Waals surface area contributed by atoms with E-state index in [9.17, 15) is 5.11 Å². The molecule has 0 radical (unpaired) electrons. The lowest BCUT2D eigenvalue weighted by Gasteiger charge is -2.31. The van der Waals surface area contributed by atoms with Gasteiger partial charge in [-0.15, -0.1) is 0 Å². The zero-order valence-corrected chi connectivity index (χ0v) is 9.91. The van der Waals surface area contributed by atoms with Gasteiger partial charge in [-0.05, 0) is 34.6 Å². The average Bonchev–Trinajstić information content (AvgIpc) is 2.03. The minimum absolute atomic E-state index is 0.449. The molecule has 0 heterocycles. The number of nitriles is 1. The molecule has 0 amide bonds.